The number of aryl methyl sites for hydroxylation is 1. The molecular formula is C14H24N2O2S. The van der Waals surface area contributed by atoms with Crippen molar-refractivity contribution in [2.24, 2.45) is 5.92 Å². The minimum Gasteiger partial charge on any atom is -0.316 e. The molecular weight excluding hydrogens is 260 g/mol. The molecule has 19 heavy (non-hydrogen) atoms. The van der Waals surface area contributed by atoms with Gasteiger partial charge in [-0.05, 0) is 49.6 Å². The lowest BCUT2D eigenvalue weighted by Crippen LogP contribution is -2.26. The highest BCUT2D eigenvalue weighted by Crippen LogP contribution is 2.15. The quantitative estimate of drug-likeness (QED) is 0.805. The zero-order valence-electron chi connectivity index (χ0n) is 12.2. The fourth-order valence-corrected chi connectivity index (χ4v) is 2.86. The van der Waals surface area contributed by atoms with Crippen LogP contribution in [0.15, 0.2) is 23.1 Å². The zero-order chi connectivity index (χ0) is 14.5. The molecule has 0 radical (unpaired) electrons. The monoisotopic (exact) mass is 284 g/mol. The van der Waals surface area contributed by atoms with E-state index in [0.717, 1.165) is 17.5 Å². The van der Waals surface area contributed by atoms with Crippen LogP contribution in [-0.4, -0.2) is 22.0 Å². The van der Waals surface area contributed by atoms with Crippen molar-refractivity contribution in [3.63, 3.8) is 0 Å². The lowest BCUT2D eigenvalue weighted by atomic mass is 10.1. The van der Waals surface area contributed by atoms with E-state index in [-0.39, 0.29) is 0 Å². The van der Waals surface area contributed by atoms with Gasteiger partial charge in [0.1, 0.15) is 0 Å². The van der Waals surface area contributed by atoms with Crippen molar-refractivity contribution in [2.75, 3.05) is 13.6 Å². The average Bonchev–Trinajstić information content (AvgIpc) is 2.31. The molecule has 1 aromatic rings. The third-order valence-corrected chi connectivity index (χ3v) is 4.47. The van der Waals surface area contributed by atoms with Gasteiger partial charge in [-0.15, -0.1) is 0 Å². The van der Waals surface area contributed by atoms with Crippen LogP contribution >= 0.6 is 0 Å². The number of rotatable bonds is 7. The second-order valence-corrected chi connectivity index (χ2v) is 6.97. The molecule has 0 bridgehead atoms. The van der Waals surface area contributed by atoms with Gasteiger partial charge in [-0.1, -0.05) is 19.9 Å². The van der Waals surface area contributed by atoms with E-state index in [4.69, 9.17) is 0 Å². The van der Waals surface area contributed by atoms with Crippen molar-refractivity contribution in [3.05, 3.63) is 29.3 Å². The lowest BCUT2D eigenvalue weighted by molar-refractivity contribution is 0.551. The Hall–Kier alpha value is -0.910. The first-order valence-corrected chi connectivity index (χ1v) is 8.09. The molecule has 5 heteroatoms. The molecule has 0 fully saturated rings. The van der Waals surface area contributed by atoms with E-state index in [0.29, 0.717) is 23.9 Å². The van der Waals surface area contributed by atoms with Crippen LogP contribution in [0.1, 0.15) is 31.4 Å². The first-order valence-electron chi connectivity index (χ1n) is 6.60. The minimum absolute atomic E-state index is 0.340. The summed E-state index contributed by atoms with van der Waals surface area (Å²) in [4.78, 5) is 0.340. The summed E-state index contributed by atoms with van der Waals surface area (Å²) in [6.07, 6.45) is 0.842. The molecule has 4 nitrogen and oxygen atoms in total. The Labute approximate surface area is 116 Å². The molecule has 1 rings (SSSR count). The molecule has 0 heterocycles. The van der Waals surface area contributed by atoms with Crippen molar-refractivity contribution < 1.29 is 8.42 Å². The Bertz CT molecular complexity index is 510. The van der Waals surface area contributed by atoms with Gasteiger partial charge >= 0.3 is 0 Å². The largest absolute Gasteiger partial charge is 0.316 e. The Balaban J connectivity index is 2.86. The molecule has 0 aliphatic rings. The highest BCUT2D eigenvalue weighted by molar-refractivity contribution is 7.89. The van der Waals surface area contributed by atoms with Crippen LogP contribution in [-0.2, 0) is 16.6 Å². The molecule has 0 aromatic heterocycles. The van der Waals surface area contributed by atoms with Crippen molar-refractivity contribution in [3.8, 4) is 0 Å². The van der Waals surface area contributed by atoms with E-state index in [2.05, 4.69) is 23.9 Å². The molecule has 0 saturated carbocycles. The summed E-state index contributed by atoms with van der Waals surface area (Å²) in [5, 5.41) is 3.05. The van der Waals surface area contributed by atoms with Gasteiger partial charge in [-0.25, -0.2) is 13.1 Å². The predicted octanol–water partition coefficient (Wildman–Crippen LogP) is 2.04. The summed E-state index contributed by atoms with van der Waals surface area (Å²) in [5.74, 6) is 0.487. The summed E-state index contributed by atoms with van der Waals surface area (Å²) < 4.78 is 26.9. The molecule has 0 saturated heterocycles. The first kappa shape index (κ1) is 16.1. The van der Waals surface area contributed by atoms with Gasteiger partial charge < -0.3 is 5.32 Å². The standard InChI is InChI=1S/C14H24N2O2S/c1-11(2)7-8-16-19(17,18)14-6-5-12(3)13(9-14)10-15-4/h5-6,9,11,15-16H,7-8,10H2,1-4H3. The molecule has 0 amide bonds. The smallest absolute Gasteiger partial charge is 0.240 e. The van der Waals surface area contributed by atoms with E-state index in [9.17, 15) is 8.42 Å². The predicted molar refractivity (Wildman–Crippen MR) is 78.6 cm³/mol. The summed E-state index contributed by atoms with van der Waals surface area (Å²) >= 11 is 0. The number of hydrogen-bond acceptors (Lipinski definition) is 3. The highest BCUT2D eigenvalue weighted by atomic mass is 32.2. The van der Waals surface area contributed by atoms with E-state index in [1.54, 1.807) is 12.1 Å². The molecule has 0 atom stereocenters. The fraction of sp³-hybridized carbons (Fsp3) is 0.571. The van der Waals surface area contributed by atoms with Crippen LogP contribution < -0.4 is 10.0 Å². The molecule has 0 unspecified atom stereocenters. The zero-order valence-corrected chi connectivity index (χ0v) is 13.0. The van der Waals surface area contributed by atoms with Crippen LogP contribution in [0.5, 0.6) is 0 Å². The summed E-state index contributed by atoms with van der Waals surface area (Å²) in [6.45, 7) is 7.28. The van der Waals surface area contributed by atoms with Crippen LogP contribution in [0.4, 0.5) is 0 Å². The fourth-order valence-electron chi connectivity index (χ4n) is 1.76. The van der Waals surface area contributed by atoms with Crippen molar-refractivity contribution in [1.82, 2.24) is 10.0 Å². The van der Waals surface area contributed by atoms with E-state index >= 15 is 0 Å². The second-order valence-electron chi connectivity index (χ2n) is 5.20. The van der Waals surface area contributed by atoms with Crippen LogP contribution in [0, 0.1) is 12.8 Å². The lowest BCUT2D eigenvalue weighted by Gasteiger charge is -2.11. The van der Waals surface area contributed by atoms with Gasteiger partial charge in [0.2, 0.25) is 10.0 Å². The Morgan fingerprint density at radius 2 is 1.95 bits per heavy atom. The average molecular weight is 284 g/mol. The van der Waals surface area contributed by atoms with E-state index in [1.807, 2.05) is 20.0 Å². The normalized spacial score (nSPS) is 12.1. The maximum atomic E-state index is 12.1. The third-order valence-electron chi connectivity index (χ3n) is 3.01. The van der Waals surface area contributed by atoms with Gasteiger partial charge in [0.05, 0.1) is 4.90 Å². The first-order chi connectivity index (χ1) is 8.86. The Morgan fingerprint density at radius 3 is 2.53 bits per heavy atom. The van der Waals surface area contributed by atoms with E-state index in [1.165, 1.54) is 0 Å². The number of benzene rings is 1. The Morgan fingerprint density at radius 1 is 1.26 bits per heavy atom. The summed E-state index contributed by atoms with van der Waals surface area (Å²) in [6, 6.07) is 5.25. The van der Waals surface area contributed by atoms with Gasteiger partial charge in [0.15, 0.2) is 0 Å². The SMILES string of the molecule is CNCc1cc(S(=O)(=O)NCCC(C)C)ccc1C. The number of hydrogen-bond donors (Lipinski definition) is 2. The number of sulfonamides is 1. The third kappa shape index (κ3) is 4.93. The minimum atomic E-state index is -3.39. The Kier molecular flexibility index (Phi) is 5.97. The molecule has 0 spiro atoms. The topological polar surface area (TPSA) is 58.2 Å². The highest BCUT2D eigenvalue weighted by Gasteiger charge is 2.14. The van der Waals surface area contributed by atoms with Crippen LogP contribution in [0.2, 0.25) is 0 Å². The number of nitrogens with one attached hydrogen (secondary N) is 2. The van der Waals surface area contributed by atoms with Crippen molar-refractivity contribution >= 4 is 10.0 Å². The van der Waals surface area contributed by atoms with Crippen LogP contribution in [0.3, 0.4) is 0 Å². The van der Waals surface area contributed by atoms with Gasteiger partial charge in [-0.3, -0.25) is 0 Å². The van der Waals surface area contributed by atoms with Crippen molar-refractivity contribution in [1.29, 1.82) is 0 Å². The summed E-state index contributed by atoms with van der Waals surface area (Å²) in [5.41, 5.74) is 2.10. The van der Waals surface area contributed by atoms with Gasteiger partial charge in [0.25, 0.3) is 0 Å². The van der Waals surface area contributed by atoms with Gasteiger partial charge in [0, 0.05) is 13.1 Å². The molecule has 108 valence electrons. The van der Waals surface area contributed by atoms with Crippen molar-refractivity contribution in [2.45, 2.75) is 38.6 Å². The molecule has 0 aliphatic carbocycles. The maximum absolute atomic E-state index is 12.1. The maximum Gasteiger partial charge on any atom is 0.240 e. The van der Waals surface area contributed by atoms with E-state index < -0.39 is 10.0 Å². The van der Waals surface area contributed by atoms with Gasteiger partial charge in [-0.2, -0.15) is 0 Å². The molecule has 1 aromatic carbocycles. The summed E-state index contributed by atoms with van der Waals surface area (Å²) in [7, 11) is -1.54. The molecule has 0 aliphatic heterocycles. The second kappa shape index (κ2) is 7.03. The van der Waals surface area contributed by atoms with Crippen LogP contribution in [0.25, 0.3) is 0 Å². The molecule has 2 N–H and O–H groups in total.